The number of hydrazine groups is 1. The van der Waals surface area contributed by atoms with Crippen LogP contribution < -0.4 is 15.8 Å². The summed E-state index contributed by atoms with van der Waals surface area (Å²) < 4.78 is 1.06. The Morgan fingerprint density at radius 3 is 2.61 bits per heavy atom. The van der Waals surface area contributed by atoms with E-state index in [0.29, 0.717) is 0 Å². The number of aromatic nitrogens is 2. The number of fused-ring (bicyclic) bond motifs is 1. The van der Waals surface area contributed by atoms with Gasteiger partial charge in [-0.15, -0.1) is 11.3 Å². The van der Waals surface area contributed by atoms with Gasteiger partial charge in [0.15, 0.2) is 5.82 Å². The number of rotatable bonds is 4. The molecule has 1 aliphatic heterocycles. The molecule has 0 fully saturated rings. The quantitative estimate of drug-likeness (QED) is 0.497. The molecule has 0 aliphatic carbocycles. The molecule has 0 atom stereocenters. The van der Waals surface area contributed by atoms with Crippen LogP contribution in [0.5, 0.6) is 0 Å². The van der Waals surface area contributed by atoms with Gasteiger partial charge >= 0.3 is 0 Å². The van der Waals surface area contributed by atoms with Crippen LogP contribution in [-0.4, -0.2) is 16.5 Å². The molecule has 5 rings (SSSR count). The van der Waals surface area contributed by atoms with E-state index in [9.17, 15) is 0 Å². The van der Waals surface area contributed by atoms with Gasteiger partial charge in [0.25, 0.3) is 0 Å². The maximum atomic E-state index is 4.48. The standard InChI is InChI=1S/C22H19N5S/c1-15-11-12-25-27(15)18-9-7-17(8-10-18)26-22-21-19(23-14-24-22)13-20(28-21)16-5-3-2-4-6-16/h2-11,13-14,25H,12H2,1H3,(H,23,24,26). The largest absolute Gasteiger partial charge is 0.339 e. The molecule has 4 aromatic rings. The van der Waals surface area contributed by atoms with Crippen molar-refractivity contribution in [1.82, 2.24) is 15.4 Å². The number of benzene rings is 2. The fourth-order valence-electron chi connectivity index (χ4n) is 3.31. The topological polar surface area (TPSA) is 53.1 Å². The summed E-state index contributed by atoms with van der Waals surface area (Å²) in [6, 6.07) is 20.8. The van der Waals surface area contributed by atoms with Crippen LogP contribution in [0.25, 0.3) is 20.7 Å². The maximum Gasteiger partial charge on any atom is 0.151 e. The van der Waals surface area contributed by atoms with Gasteiger partial charge in [-0.3, -0.25) is 5.01 Å². The number of allylic oxidation sites excluding steroid dienone is 1. The Bertz CT molecular complexity index is 1150. The first kappa shape index (κ1) is 16.9. The van der Waals surface area contributed by atoms with Gasteiger partial charge in [0.2, 0.25) is 0 Å². The summed E-state index contributed by atoms with van der Waals surface area (Å²) in [6.07, 6.45) is 3.79. The molecule has 28 heavy (non-hydrogen) atoms. The molecule has 2 aromatic heterocycles. The molecule has 3 heterocycles. The molecule has 0 unspecified atom stereocenters. The van der Waals surface area contributed by atoms with Crippen molar-refractivity contribution in [2.75, 3.05) is 16.9 Å². The van der Waals surface area contributed by atoms with Crippen molar-refractivity contribution in [2.45, 2.75) is 6.92 Å². The molecule has 0 saturated heterocycles. The minimum Gasteiger partial charge on any atom is -0.339 e. The smallest absolute Gasteiger partial charge is 0.151 e. The van der Waals surface area contributed by atoms with Crippen LogP contribution in [-0.2, 0) is 0 Å². The summed E-state index contributed by atoms with van der Waals surface area (Å²) in [7, 11) is 0. The highest BCUT2D eigenvalue weighted by atomic mass is 32.1. The van der Waals surface area contributed by atoms with Gasteiger partial charge in [-0.1, -0.05) is 30.3 Å². The zero-order valence-corrected chi connectivity index (χ0v) is 16.2. The SMILES string of the molecule is CC1=CCNN1c1ccc(Nc2ncnc3cc(-c4ccccc4)sc23)cc1. The van der Waals surface area contributed by atoms with Crippen LogP contribution in [0.1, 0.15) is 6.92 Å². The molecular weight excluding hydrogens is 366 g/mol. The number of nitrogens with one attached hydrogen (secondary N) is 2. The zero-order valence-electron chi connectivity index (χ0n) is 15.4. The lowest BCUT2D eigenvalue weighted by Crippen LogP contribution is -2.30. The van der Waals surface area contributed by atoms with Gasteiger partial charge in [-0.05, 0) is 48.9 Å². The highest BCUT2D eigenvalue weighted by molar-refractivity contribution is 7.22. The average Bonchev–Trinajstić information content (AvgIpc) is 3.36. The molecule has 138 valence electrons. The molecule has 0 saturated carbocycles. The summed E-state index contributed by atoms with van der Waals surface area (Å²) in [4.78, 5) is 10.1. The highest BCUT2D eigenvalue weighted by Crippen LogP contribution is 2.36. The van der Waals surface area contributed by atoms with Crippen LogP contribution in [0.15, 0.2) is 78.8 Å². The number of thiophene rings is 1. The molecule has 2 N–H and O–H groups in total. The molecule has 0 radical (unpaired) electrons. The lowest BCUT2D eigenvalue weighted by atomic mass is 10.2. The minimum absolute atomic E-state index is 0.834. The Labute approximate surface area is 167 Å². The lowest BCUT2D eigenvalue weighted by Gasteiger charge is -2.20. The Morgan fingerprint density at radius 2 is 1.86 bits per heavy atom. The molecular formula is C22H19N5S. The molecule has 0 amide bonds. The van der Waals surface area contributed by atoms with Crippen LogP contribution in [0, 0.1) is 0 Å². The second-order valence-corrected chi connectivity index (χ2v) is 7.68. The van der Waals surface area contributed by atoms with E-state index in [-0.39, 0.29) is 0 Å². The van der Waals surface area contributed by atoms with Crippen molar-refractivity contribution in [1.29, 1.82) is 0 Å². The van der Waals surface area contributed by atoms with Crippen LogP contribution >= 0.6 is 11.3 Å². The van der Waals surface area contributed by atoms with Crippen molar-refractivity contribution >= 4 is 38.7 Å². The summed E-state index contributed by atoms with van der Waals surface area (Å²) in [6.45, 7) is 2.97. The summed E-state index contributed by atoms with van der Waals surface area (Å²) >= 11 is 1.71. The van der Waals surface area contributed by atoms with Gasteiger partial charge in [0.05, 0.1) is 15.9 Å². The third-order valence-corrected chi connectivity index (χ3v) is 5.94. The van der Waals surface area contributed by atoms with Crippen LogP contribution in [0.3, 0.4) is 0 Å². The van der Waals surface area contributed by atoms with Gasteiger partial charge in [-0.2, -0.15) is 0 Å². The van der Waals surface area contributed by atoms with E-state index >= 15 is 0 Å². The number of anilines is 3. The third kappa shape index (κ3) is 3.13. The fraction of sp³-hybridized carbons (Fsp3) is 0.0909. The lowest BCUT2D eigenvalue weighted by molar-refractivity contribution is 0.793. The van der Waals surface area contributed by atoms with Crippen molar-refractivity contribution < 1.29 is 0 Å². The first-order chi connectivity index (χ1) is 13.8. The van der Waals surface area contributed by atoms with Gasteiger partial charge < -0.3 is 5.32 Å². The maximum absolute atomic E-state index is 4.48. The number of nitrogens with zero attached hydrogens (tertiary/aromatic N) is 3. The Kier molecular flexibility index (Phi) is 4.27. The molecule has 6 heteroatoms. The number of hydrogen-bond acceptors (Lipinski definition) is 6. The first-order valence-electron chi connectivity index (χ1n) is 9.15. The van der Waals surface area contributed by atoms with Crippen molar-refractivity contribution in [2.24, 2.45) is 0 Å². The minimum atomic E-state index is 0.834. The van der Waals surface area contributed by atoms with E-state index in [2.05, 4.69) is 93.3 Å². The zero-order chi connectivity index (χ0) is 18.9. The molecule has 0 bridgehead atoms. The Hall–Kier alpha value is -3.22. The van der Waals surface area contributed by atoms with E-state index < -0.39 is 0 Å². The van der Waals surface area contributed by atoms with E-state index in [1.54, 1.807) is 17.7 Å². The van der Waals surface area contributed by atoms with Gasteiger partial charge in [0, 0.05) is 22.8 Å². The van der Waals surface area contributed by atoms with Crippen LogP contribution in [0.4, 0.5) is 17.2 Å². The van der Waals surface area contributed by atoms with E-state index in [1.807, 2.05) is 6.07 Å². The van der Waals surface area contributed by atoms with Crippen LogP contribution in [0.2, 0.25) is 0 Å². The van der Waals surface area contributed by atoms with E-state index in [4.69, 9.17) is 0 Å². The molecule has 2 aromatic carbocycles. The van der Waals surface area contributed by atoms with Crippen molar-refractivity contribution in [3.05, 3.63) is 78.8 Å². The summed E-state index contributed by atoms with van der Waals surface area (Å²) in [5, 5.41) is 5.54. The first-order valence-corrected chi connectivity index (χ1v) is 9.97. The Balaban J connectivity index is 1.43. The number of hydrogen-bond donors (Lipinski definition) is 2. The molecule has 1 aliphatic rings. The second kappa shape index (κ2) is 7.07. The normalized spacial score (nSPS) is 13.8. The van der Waals surface area contributed by atoms with E-state index in [0.717, 1.165) is 34.0 Å². The predicted octanol–water partition coefficient (Wildman–Crippen LogP) is 5.33. The van der Waals surface area contributed by atoms with Gasteiger partial charge in [-0.25, -0.2) is 15.4 Å². The average molecular weight is 385 g/mol. The van der Waals surface area contributed by atoms with E-state index in [1.165, 1.54) is 16.1 Å². The van der Waals surface area contributed by atoms with Gasteiger partial charge in [0.1, 0.15) is 6.33 Å². The predicted molar refractivity (Wildman–Crippen MR) is 117 cm³/mol. The molecule has 0 spiro atoms. The Morgan fingerprint density at radius 1 is 1.04 bits per heavy atom. The van der Waals surface area contributed by atoms with Crippen molar-refractivity contribution in [3.63, 3.8) is 0 Å². The summed E-state index contributed by atoms with van der Waals surface area (Å²) in [5.41, 5.74) is 8.82. The second-order valence-electron chi connectivity index (χ2n) is 6.63. The highest BCUT2D eigenvalue weighted by Gasteiger charge is 2.13. The molecule has 5 nitrogen and oxygen atoms in total. The third-order valence-electron chi connectivity index (χ3n) is 4.76. The fourth-order valence-corrected chi connectivity index (χ4v) is 4.38. The summed E-state index contributed by atoms with van der Waals surface area (Å²) in [5.74, 6) is 0.834. The monoisotopic (exact) mass is 385 g/mol. The van der Waals surface area contributed by atoms with Crippen molar-refractivity contribution in [3.8, 4) is 10.4 Å².